The van der Waals surface area contributed by atoms with Gasteiger partial charge in [0.25, 0.3) is 5.56 Å². The highest BCUT2D eigenvalue weighted by atomic mass is 32.2. The van der Waals surface area contributed by atoms with Crippen molar-refractivity contribution in [1.29, 1.82) is 0 Å². The maximum Gasteiger partial charge on any atom is 0.324 e. The molecule has 3 aromatic rings. The van der Waals surface area contributed by atoms with Crippen LogP contribution in [0.1, 0.15) is 11.1 Å². The summed E-state index contributed by atoms with van der Waals surface area (Å²) >= 11 is 1.16. The number of fused-ring (bicyclic) bond motifs is 1. The Labute approximate surface area is 171 Å². The molecule has 1 aromatic heterocycles. The van der Waals surface area contributed by atoms with Gasteiger partial charge in [0.1, 0.15) is 0 Å². The summed E-state index contributed by atoms with van der Waals surface area (Å²) in [5, 5.41) is 3.56. The van der Waals surface area contributed by atoms with E-state index in [0.29, 0.717) is 29.1 Å². The molecular formula is C21H20N4O3S. The van der Waals surface area contributed by atoms with Crippen molar-refractivity contribution in [2.24, 2.45) is 0 Å². The van der Waals surface area contributed by atoms with Crippen molar-refractivity contribution in [2.45, 2.75) is 19.0 Å². The summed E-state index contributed by atoms with van der Waals surface area (Å²) in [4.78, 5) is 43.4. The predicted molar refractivity (Wildman–Crippen MR) is 113 cm³/mol. The fourth-order valence-corrected chi connectivity index (χ4v) is 4.19. The van der Waals surface area contributed by atoms with Gasteiger partial charge in [0.05, 0.1) is 22.3 Å². The van der Waals surface area contributed by atoms with Gasteiger partial charge in [0.15, 0.2) is 5.16 Å². The van der Waals surface area contributed by atoms with Crippen LogP contribution in [0.2, 0.25) is 0 Å². The minimum absolute atomic E-state index is 0.0169. The van der Waals surface area contributed by atoms with Gasteiger partial charge in [-0.1, -0.05) is 36.0 Å². The summed E-state index contributed by atoms with van der Waals surface area (Å²) < 4.78 is 1.56. The Bertz CT molecular complexity index is 1190. The van der Waals surface area contributed by atoms with Gasteiger partial charge in [-0.3, -0.25) is 19.1 Å². The second kappa shape index (κ2) is 7.71. The molecule has 7 nitrogen and oxygen atoms in total. The Morgan fingerprint density at radius 1 is 1.14 bits per heavy atom. The lowest BCUT2D eigenvalue weighted by atomic mass is 10.1. The molecule has 0 spiro atoms. The number of carbonyl (C=O) groups is 2. The summed E-state index contributed by atoms with van der Waals surface area (Å²) in [5.41, 5.74) is 3.16. The van der Waals surface area contributed by atoms with Crippen molar-refractivity contribution in [3.8, 4) is 5.69 Å². The van der Waals surface area contributed by atoms with Gasteiger partial charge in [-0.05, 0) is 43.2 Å². The highest BCUT2D eigenvalue weighted by Crippen LogP contribution is 2.24. The molecule has 0 radical (unpaired) electrons. The average molecular weight is 408 g/mol. The summed E-state index contributed by atoms with van der Waals surface area (Å²) in [6, 6.07) is 12.5. The van der Waals surface area contributed by atoms with E-state index >= 15 is 0 Å². The van der Waals surface area contributed by atoms with Crippen molar-refractivity contribution in [3.05, 3.63) is 63.9 Å². The molecule has 3 amide bonds. The van der Waals surface area contributed by atoms with Crippen LogP contribution in [0, 0.1) is 13.8 Å². The number of urea groups is 1. The van der Waals surface area contributed by atoms with Gasteiger partial charge in [0, 0.05) is 13.1 Å². The maximum atomic E-state index is 13.3. The zero-order valence-corrected chi connectivity index (χ0v) is 17.0. The Kier molecular flexibility index (Phi) is 5.10. The molecule has 8 heteroatoms. The van der Waals surface area contributed by atoms with E-state index in [2.05, 4.69) is 10.3 Å². The smallest absolute Gasteiger partial charge is 0.324 e. The van der Waals surface area contributed by atoms with E-state index in [4.69, 9.17) is 0 Å². The molecule has 148 valence electrons. The minimum atomic E-state index is -0.381. The Morgan fingerprint density at radius 3 is 2.69 bits per heavy atom. The van der Waals surface area contributed by atoms with Gasteiger partial charge >= 0.3 is 6.03 Å². The number of benzene rings is 2. The number of hydrogen-bond acceptors (Lipinski definition) is 5. The minimum Gasteiger partial charge on any atom is -0.336 e. The van der Waals surface area contributed by atoms with Crippen LogP contribution >= 0.6 is 11.8 Å². The average Bonchev–Trinajstić information content (AvgIpc) is 3.15. The highest BCUT2D eigenvalue weighted by molar-refractivity contribution is 7.99. The van der Waals surface area contributed by atoms with Crippen molar-refractivity contribution in [3.63, 3.8) is 0 Å². The summed E-state index contributed by atoms with van der Waals surface area (Å²) in [6.45, 7) is 4.75. The van der Waals surface area contributed by atoms with Crippen LogP contribution in [0.15, 0.2) is 52.4 Å². The lowest BCUT2D eigenvalue weighted by Gasteiger charge is -2.17. The molecule has 29 heavy (non-hydrogen) atoms. The first-order valence-electron chi connectivity index (χ1n) is 9.27. The van der Waals surface area contributed by atoms with Crippen LogP contribution in [-0.2, 0) is 4.79 Å². The van der Waals surface area contributed by atoms with Gasteiger partial charge in [-0.25, -0.2) is 9.78 Å². The normalized spacial score (nSPS) is 13.7. The number of rotatable bonds is 4. The third kappa shape index (κ3) is 3.51. The topological polar surface area (TPSA) is 84.3 Å². The van der Waals surface area contributed by atoms with Gasteiger partial charge in [-0.2, -0.15) is 0 Å². The van der Waals surface area contributed by atoms with Crippen LogP contribution in [-0.4, -0.2) is 45.2 Å². The number of para-hydroxylation sites is 1. The van der Waals surface area contributed by atoms with Crippen LogP contribution in [0.3, 0.4) is 0 Å². The van der Waals surface area contributed by atoms with E-state index in [-0.39, 0.29) is 23.3 Å². The third-order valence-electron chi connectivity index (χ3n) is 5.04. The molecule has 2 aromatic carbocycles. The Hall–Kier alpha value is -3.13. The molecule has 1 fully saturated rings. The molecule has 1 aliphatic heterocycles. The number of nitrogens with zero attached hydrogens (tertiary/aromatic N) is 3. The zero-order chi connectivity index (χ0) is 20.5. The Morgan fingerprint density at radius 2 is 1.93 bits per heavy atom. The molecule has 4 rings (SSSR count). The van der Waals surface area contributed by atoms with Gasteiger partial charge in [-0.15, -0.1) is 0 Å². The number of hydrogen-bond donors (Lipinski definition) is 1. The van der Waals surface area contributed by atoms with E-state index in [9.17, 15) is 14.4 Å². The van der Waals surface area contributed by atoms with Crippen LogP contribution in [0.4, 0.5) is 4.79 Å². The molecule has 0 atom stereocenters. The second-order valence-corrected chi connectivity index (χ2v) is 7.78. The number of aryl methyl sites for hydroxylation is 1. The first kappa shape index (κ1) is 19.2. The number of nitrogens with one attached hydrogen (secondary N) is 1. The molecule has 0 unspecified atom stereocenters. The number of imide groups is 1. The van der Waals surface area contributed by atoms with E-state index in [0.717, 1.165) is 28.6 Å². The monoisotopic (exact) mass is 408 g/mol. The fraction of sp³-hybridized carbons (Fsp3) is 0.238. The lowest BCUT2D eigenvalue weighted by Crippen LogP contribution is -2.35. The van der Waals surface area contributed by atoms with Crippen molar-refractivity contribution in [1.82, 2.24) is 19.8 Å². The summed E-state index contributed by atoms with van der Waals surface area (Å²) in [5.74, 6) is -0.289. The molecule has 1 aliphatic rings. The molecule has 1 saturated heterocycles. The van der Waals surface area contributed by atoms with E-state index in [1.807, 2.05) is 38.1 Å². The van der Waals surface area contributed by atoms with Gasteiger partial charge in [0.2, 0.25) is 5.91 Å². The maximum absolute atomic E-state index is 13.3. The summed E-state index contributed by atoms with van der Waals surface area (Å²) in [7, 11) is 0. The number of carbonyl (C=O) groups excluding carboxylic acids is 2. The van der Waals surface area contributed by atoms with Gasteiger partial charge < -0.3 is 5.32 Å². The first-order valence-corrected chi connectivity index (χ1v) is 10.3. The molecule has 0 bridgehead atoms. The molecular weight excluding hydrogens is 388 g/mol. The Balaban J connectivity index is 1.79. The fourth-order valence-electron chi connectivity index (χ4n) is 3.31. The molecule has 0 saturated carbocycles. The third-order valence-corrected chi connectivity index (χ3v) is 5.97. The van der Waals surface area contributed by atoms with E-state index in [1.54, 1.807) is 22.8 Å². The van der Waals surface area contributed by atoms with Crippen molar-refractivity contribution in [2.75, 3.05) is 18.8 Å². The second-order valence-electron chi connectivity index (χ2n) is 6.84. The molecule has 0 aliphatic carbocycles. The largest absolute Gasteiger partial charge is 0.336 e. The van der Waals surface area contributed by atoms with Crippen LogP contribution in [0.5, 0.6) is 0 Å². The molecule has 2 heterocycles. The van der Waals surface area contributed by atoms with Crippen molar-refractivity contribution >= 4 is 34.6 Å². The van der Waals surface area contributed by atoms with Crippen LogP contribution < -0.4 is 10.9 Å². The number of thioether (sulfide) groups is 1. The molecule has 1 N–H and O–H groups in total. The van der Waals surface area contributed by atoms with Crippen molar-refractivity contribution < 1.29 is 9.59 Å². The van der Waals surface area contributed by atoms with Crippen LogP contribution in [0.25, 0.3) is 16.6 Å². The summed E-state index contributed by atoms with van der Waals surface area (Å²) in [6.07, 6.45) is 0. The highest BCUT2D eigenvalue weighted by Gasteiger charge is 2.26. The lowest BCUT2D eigenvalue weighted by molar-refractivity contribution is -0.124. The number of aromatic nitrogens is 2. The number of amides is 3. The standard InChI is InChI=1S/C21H20N4O3S/c1-13-6-5-9-17(14(13)2)25-19(27)15-7-3-4-8-16(15)23-21(25)29-12-18(26)24-11-10-22-20(24)28/h3-9H,10-12H2,1-2H3,(H,22,28). The van der Waals surface area contributed by atoms with E-state index in [1.165, 1.54) is 4.90 Å². The van der Waals surface area contributed by atoms with E-state index < -0.39 is 0 Å². The first-order chi connectivity index (χ1) is 14.0. The quantitative estimate of drug-likeness (QED) is 0.530. The predicted octanol–water partition coefficient (Wildman–Crippen LogP) is 2.65. The zero-order valence-electron chi connectivity index (χ0n) is 16.1. The SMILES string of the molecule is Cc1cccc(-n2c(SCC(=O)N3CCNC3=O)nc3ccccc3c2=O)c1C.